The van der Waals surface area contributed by atoms with E-state index in [0.29, 0.717) is 22.6 Å². The molecule has 2 aromatic rings. The minimum Gasteiger partial charge on any atom is -0.324 e. The number of nitrogens with zero attached hydrogens (tertiary/aromatic N) is 4. The summed E-state index contributed by atoms with van der Waals surface area (Å²) in [5.74, 6) is -0.172. The fraction of sp³-hybridized carbons (Fsp3) is 0.0714. The molecule has 96 valence electrons. The quantitative estimate of drug-likeness (QED) is 0.849. The Kier molecular flexibility index (Phi) is 2.94. The van der Waals surface area contributed by atoms with E-state index in [1.165, 1.54) is 0 Å². The highest BCUT2D eigenvalue weighted by Gasteiger charge is 2.17. The van der Waals surface area contributed by atoms with Gasteiger partial charge in [0.05, 0.1) is 47.5 Å². The Bertz CT molecular complexity index is 746. The van der Waals surface area contributed by atoms with Crippen LogP contribution in [0.1, 0.15) is 17.5 Å². The average Bonchev–Trinajstić information content (AvgIpc) is 2.65. The molecule has 0 saturated carbocycles. The molecule has 0 radical (unpaired) electrons. The van der Waals surface area contributed by atoms with Crippen LogP contribution in [0.3, 0.4) is 0 Å². The molecule has 6 heteroatoms. The number of nitriles is 1. The molecule has 1 aliphatic rings. The van der Waals surface area contributed by atoms with Crippen molar-refractivity contribution in [1.82, 2.24) is 10.2 Å². The standard InChI is InChI=1S/C14H9N5O/c15-7-9-1-2-11-13(5-9)19-14(20)6-12(18-11)10-3-4-16-17-8-10/h1-5,8H,6H2,(H,19,20). The molecular formula is C14H9N5O. The van der Waals surface area contributed by atoms with Crippen molar-refractivity contribution in [3.63, 3.8) is 0 Å². The van der Waals surface area contributed by atoms with Crippen LogP contribution in [-0.2, 0) is 4.79 Å². The Labute approximate surface area is 114 Å². The molecule has 20 heavy (non-hydrogen) atoms. The summed E-state index contributed by atoms with van der Waals surface area (Å²) in [7, 11) is 0. The first kappa shape index (κ1) is 12.0. The number of amides is 1. The largest absolute Gasteiger partial charge is 0.324 e. The van der Waals surface area contributed by atoms with Gasteiger partial charge in [0.2, 0.25) is 5.91 Å². The minimum atomic E-state index is -0.172. The van der Waals surface area contributed by atoms with E-state index < -0.39 is 0 Å². The van der Waals surface area contributed by atoms with Crippen molar-refractivity contribution in [2.24, 2.45) is 4.99 Å². The van der Waals surface area contributed by atoms with Crippen LogP contribution in [0.4, 0.5) is 11.4 Å². The maximum absolute atomic E-state index is 11.9. The van der Waals surface area contributed by atoms with E-state index in [-0.39, 0.29) is 12.3 Å². The van der Waals surface area contributed by atoms with Gasteiger partial charge in [0.15, 0.2) is 0 Å². The van der Waals surface area contributed by atoms with E-state index in [0.717, 1.165) is 5.56 Å². The lowest BCUT2D eigenvalue weighted by atomic mass is 10.1. The van der Waals surface area contributed by atoms with E-state index in [1.54, 1.807) is 36.7 Å². The Morgan fingerprint density at radius 1 is 1.25 bits per heavy atom. The van der Waals surface area contributed by atoms with Gasteiger partial charge in [0.1, 0.15) is 0 Å². The van der Waals surface area contributed by atoms with Crippen LogP contribution in [-0.4, -0.2) is 21.8 Å². The van der Waals surface area contributed by atoms with Crippen molar-refractivity contribution < 1.29 is 4.79 Å². The third-order valence-corrected chi connectivity index (χ3v) is 2.90. The van der Waals surface area contributed by atoms with Gasteiger partial charge < -0.3 is 5.32 Å². The number of anilines is 1. The highest BCUT2D eigenvalue weighted by atomic mass is 16.1. The third kappa shape index (κ3) is 2.24. The van der Waals surface area contributed by atoms with Crippen molar-refractivity contribution in [1.29, 1.82) is 5.26 Å². The van der Waals surface area contributed by atoms with Crippen LogP contribution in [0.2, 0.25) is 0 Å². The predicted octanol–water partition coefficient (Wildman–Crippen LogP) is 1.81. The van der Waals surface area contributed by atoms with Crippen LogP contribution in [0.25, 0.3) is 0 Å². The molecule has 0 unspecified atom stereocenters. The fourth-order valence-corrected chi connectivity index (χ4v) is 1.96. The molecule has 1 N–H and O–H groups in total. The maximum atomic E-state index is 11.9. The topological polar surface area (TPSA) is 91.0 Å². The number of aliphatic imine (C=N–C) groups is 1. The molecule has 1 aliphatic heterocycles. The number of hydrogen-bond donors (Lipinski definition) is 1. The lowest BCUT2D eigenvalue weighted by molar-refractivity contribution is -0.115. The number of aromatic nitrogens is 2. The first-order valence-electron chi connectivity index (χ1n) is 5.95. The molecule has 0 bridgehead atoms. The molecule has 0 saturated heterocycles. The van der Waals surface area contributed by atoms with Crippen molar-refractivity contribution in [2.45, 2.75) is 6.42 Å². The average molecular weight is 263 g/mol. The lowest BCUT2D eigenvalue weighted by Crippen LogP contribution is -2.15. The SMILES string of the molecule is N#Cc1ccc2c(c1)NC(=O)CC(c1ccnnc1)=N2. The Balaban J connectivity index is 2.11. The zero-order valence-electron chi connectivity index (χ0n) is 10.4. The van der Waals surface area contributed by atoms with E-state index in [9.17, 15) is 4.79 Å². The van der Waals surface area contributed by atoms with E-state index >= 15 is 0 Å². The highest BCUT2D eigenvalue weighted by molar-refractivity contribution is 6.16. The second-order valence-electron chi connectivity index (χ2n) is 4.26. The van der Waals surface area contributed by atoms with Crippen molar-refractivity contribution in [2.75, 3.05) is 5.32 Å². The Hall–Kier alpha value is -3.07. The van der Waals surface area contributed by atoms with Gasteiger partial charge in [-0.05, 0) is 24.3 Å². The molecule has 3 rings (SSSR count). The lowest BCUT2D eigenvalue weighted by Gasteiger charge is -2.03. The summed E-state index contributed by atoms with van der Waals surface area (Å²) in [6, 6.07) is 8.80. The molecule has 0 spiro atoms. The van der Waals surface area contributed by atoms with E-state index in [4.69, 9.17) is 5.26 Å². The summed E-state index contributed by atoms with van der Waals surface area (Å²) in [5.41, 5.74) is 3.04. The monoisotopic (exact) mass is 263 g/mol. The number of hydrogen-bond acceptors (Lipinski definition) is 5. The molecule has 6 nitrogen and oxygen atoms in total. The number of carbonyl (C=O) groups is 1. The van der Waals surface area contributed by atoms with Gasteiger partial charge in [-0.3, -0.25) is 9.79 Å². The van der Waals surface area contributed by atoms with Crippen LogP contribution >= 0.6 is 0 Å². The Morgan fingerprint density at radius 3 is 2.90 bits per heavy atom. The molecule has 2 heterocycles. The van der Waals surface area contributed by atoms with Gasteiger partial charge in [-0.25, -0.2) is 0 Å². The van der Waals surface area contributed by atoms with Gasteiger partial charge in [0, 0.05) is 5.56 Å². The molecule has 0 aliphatic carbocycles. The first-order chi connectivity index (χ1) is 9.76. The third-order valence-electron chi connectivity index (χ3n) is 2.90. The highest BCUT2D eigenvalue weighted by Crippen LogP contribution is 2.29. The number of fused-ring (bicyclic) bond motifs is 1. The van der Waals surface area contributed by atoms with Gasteiger partial charge in [0.25, 0.3) is 0 Å². The molecular weight excluding hydrogens is 254 g/mol. The summed E-state index contributed by atoms with van der Waals surface area (Å²) in [6.07, 6.45) is 3.28. The van der Waals surface area contributed by atoms with Crippen LogP contribution < -0.4 is 5.32 Å². The first-order valence-corrected chi connectivity index (χ1v) is 5.95. The van der Waals surface area contributed by atoms with Crippen molar-refractivity contribution in [3.05, 3.63) is 47.8 Å². The van der Waals surface area contributed by atoms with Crippen molar-refractivity contribution in [3.8, 4) is 6.07 Å². The zero-order chi connectivity index (χ0) is 13.9. The van der Waals surface area contributed by atoms with Gasteiger partial charge in [-0.15, -0.1) is 0 Å². The minimum absolute atomic E-state index is 0.155. The number of nitrogens with one attached hydrogen (secondary N) is 1. The van der Waals surface area contributed by atoms with E-state index in [1.807, 2.05) is 6.07 Å². The maximum Gasteiger partial charge on any atom is 0.230 e. The molecule has 0 fully saturated rings. The second-order valence-corrected chi connectivity index (χ2v) is 4.26. The Morgan fingerprint density at radius 2 is 2.15 bits per heavy atom. The summed E-state index contributed by atoms with van der Waals surface area (Å²) in [4.78, 5) is 16.4. The van der Waals surface area contributed by atoms with Gasteiger partial charge >= 0.3 is 0 Å². The number of rotatable bonds is 1. The van der Waals surface area contributed by atoms with Gasteiger partial charge in [-0.1, -0.05) is 0 Å². The number of benzene rings is 1. The summed E-state index contributed by atoms with van der Waals surface area (Å²) < 4.78 is 0. The predicted molar refractivity (Wildman–Crippen MR) is 72.6 cm³/mol. The molecule has 1 aromatic heterocycles. The molecule has 1 amide bonds. The molecule has 0 atom stereocenters. The van der Waals surface area contributed by atoms with Crippen LogP contribution in [0.15, 0.2) is 41.7 Å². The fourth-order valence-electron chi connectivity index (χ4n) is 1.96. The summed E-state index contributed by atoms with van der Waals surface area (Å²) in [6.45, 7) is 0. The number of carbonyl (C=O) groups excluding carboxylic acids is 1. The normalized spacial score (nSPS) is 13.6. The summed E-state index contributed by atoms with van der Waals surface area (Å²) >= 11 is 0. The van der Waals surface area contributed by atoms with Crippen LogP contribution in [0, 0.1) is 11.3 Å². The van der Waals surface area contributed by atoms with Crippen LogP contribution in [0.5, 0.6) is 0 Å². The molecule has 1 aromatic carbocycles. The summed E-state index contributed by atoms with van der Waals surface area (Å²) in [5, 5.41) is 19.1. The smallest absolute Gasteiger partial charge is 0.230 e. The van der Waals surface area contributed by atoms with E-state index in [2.05, 4.69) is 20.5 Å². The zero-order valence-corrected chi connectivity index (χ0v) is 10.4. The van der Waals surface area contributed by atoms with Gasteiger partial charge in [-0.2, -0.15) is 15.5 Å². The van der Waals surface area contributed by atoms with Crippen molar-refractivity contribution >= 4 is 23.0 Å². The second kappa shape index (κ2) is 4.90.